The Morgan fingerprint density at radius 3 is 2.71 bits per heavy atom. The minimum absolute atomic E-state index is 0.0107. The third kappa shape index (κ3) is 4.49. The van der Waals surface area contributed by atoms with Gasteiger partial charge < -0.3 is 24.3 Å². The number of esters is 1. The number of hydrogen-bond donors (Lipinski definition) is 1. The maximum atomic E-state index is 13.4. The van der Waals surface area contributed by atoms with Gasteiger partial charge in [-0.05, 0) is 26.0 Å². The maximum absolute atomic E-state index is 13.4. The molecule has 0 unspecified atom stereocenters. The molecular weight excluding hydrogens is 463 g/mol. The summed E-state index contributed by atoms with van der Waals surface area (Å²) in [5, 5.41) is 6.59. The zero-order chi connectivity index (χ0) is 25.3. The lowest BCUT2D eigenvalue weighted by Crippen LogP contribution is -2.37. The van der Waals surface area contributed by atoms with E-state index < -0.39 is 35.7 Å². The van der Waals surface area contributed by atoms with Crippen LogP contribution in [0.5, 0.6) is 0 Å². The maximum Gasteiger partial charge on any atom is 0.358 e. The normalized spacial score (nSPS) is 13.7. The first-order chi connectivity index (χ1) is 16.7. The minimum atomic E-state index is -0.746. The molecule has 184 valence electrons. The average Bonchev–Trinajstić information content (AvgIpc) is 3.41. The van der Waals surface area contributed by atoms with E-state index in [4.69, 9.17) is 9.47 Å². The van der Waals surface area contributed by atoms with Gasteiger partial charge in [0.15, 0.2) is 5.69 Å². The lowest BCUT2D eigenvalue weighted by molar-refractivity contribution is -0.116. The van der Waals surface area contributed by atoms with E-state index in [-0.39, 0.29) is 54.2 Å². The largest absolute Gasteiger partial charge is 0.461 e. The summed E-state index contributed by atoms with van der Waals surface area (Å²) in [5.41, 5.74) is -0.504. The Labute approximate surface area is 198 Å². The molecule has 0 bridgehead atoms. The molecule has 0 fully saturated rings. The summed E-state index contributed by atoms with van der Waals surface area (Å²) in [6.07, 6.45) is 0.950. The lowest BCUT2D eigenvalue weighted by Gasteiger charge is -2.23. The molecule has 0 aromatic carbocycles. The number of ether oxygens (including phenoxy) is 2. The van der Waals surface area contributed by atoms with E-state index in [1.807, 2.05) is 0 Å². The van der Waals surface area contributed by atoms with Crippen LogP contribution in [0, 0.1) is 5.82 Å². The SMILES string of the molecule is CCOC(=O)c1cc2n(CC(=O)Nc3ccc(F)cn3)c3c(c(=O)n2n1)CN([C@@H](C)COC)C3=O. The van der Waals surface area contributed by atoms with Gasteiger partial charge in [0.25, 0.3) is 11.5 Å². The van der Waals surface area contributed by atoms with Crippen molar-refractivity contribution < 1.29 is 28.2 Å². The molecule has 1 N–H and O–H groups in total. The van der Waals surface area contributed by atoms with Crippen molar-refractivity contribution in [2.24, 2.45) is 0 Å². The molecule has 3 aromatic rings. The molecule has 0 saturated heterocycles. The first-order valence-electron chi connectivity index (χ1n) is 10.8. The summed E-state index contributed by atoms with van der Waals surface area (Å²) in [6, 6.07) is 3.37. The molecule has 1 aliphatic heterocycles. The van der Waals surface area contributed by atoms with E-state index in [0.29, 0.717) is 0 Å². The Kier molecular flexibility index (Phi) is 6.60. The molecule has 0 radical (unpaired) electrons. The van der Waals surface area contributed by atoms with Crippen molar-refractivity contribution in [3.8, 4) is 0 Å². The van der Waals surface area contributed by atoms with E-state index in [1.54, 1.807) is 13.8 Å². The van der Waals surface area contributed by atoms with Crippen LogP contribution < -0.4 is 10.9 Å². The second-order valence-electron chi connectivity index (χ2n) is 7.89. The van der Waals surface area contributed by atoms with Crippen molar-refractivity contribution in [3.05, 3.63) is 57.5 Å². The first-order valence-corrected chi connectivity index (χ1v) is 10.8. The van der Waals surface area contributed by atoms with Crippen LogP contribution in [-0.4, -0.2) is 68.2 Å². The van der Waals surface area contributed by atoms with Gasteiger partial charge in [-0.2, -0.15) is 9.61 Å². The minimum Gasteiger partial charge on any atom is -0.461 e. The number of carbonyl (C=O) groups excluding carboxylic acids is 3. The summed E-state index contributed by atoms with van der Waals surface area (Å²) < 4.78 is 25.6. The standard InChI is InChI=1S/C22H23FN6O6/c1-4-35-22(33)15-7-18-28(10-17(30)25-16-6-5-13(23)8-24-16)19-14(20(31)29(18)26-15)9-27(21(19)32)12(2)11-34-3/h5-8,12H,4,9-11H2,1-3H3,(H,24,25,30)/t12-/m0/s1. The van der Waals surface area contributed by atoms with Gasteiger partial charge in [-0.15, -0.1) is 0 Å². The zero-order valence-corrected chi connectivity index (χ0v) is 19.3. The van der Waals surface area contributed by atoms with Gasteiger partial charge in [0.1, 0.15) is 29.5 Å². The smallest absolute Gasteiger partial charge is 0.358 e. The van der Waals surface area contributed by atoms with Crippen LogP contribution in [0.25, 0.3) is 5.65 Å². The number of aromatic nitrogens is 4. The van der Waals surface area contributed by atoms with Crippen molar-refractivity contribution >= 4 is 29.2 Å². The summed E-state index contributed by atoms with van der Waals surface area (Å²) in [4.78, 5) is 56.9. The topological polar surface area (TPSA) is 137 Å². The summed E-state index contributed by atoms with van der Waals surface area (Å²) in [5.74, 6) is -2.26. The van der Waals surface area contributed by atoms with E-state index in [9.17, 15) is 23.6 Å². The van der Waals surface area contributed by atoms with Crippen LogP contribution in [0.4, 0.5) is 10.2 Å². The van der Waals surface area contributed by atoms with Gasteiger partial charge in [0, 0.05) is 13.2 Å². The van der Waals surface area contributed by atoms with Gasteiger partial charge in [-0.25, -0.2) is 14.2 Å². The van der Waals surface area contributed by atoms with Gasteiger partial charge in [0.05, 0.1) is 37.6 Å². The molecule has 35 heavy (non-hydrogen) atoms. The van der Waals surface area contributed by atoms with Crippen LogP contribution in [0.1, 0.15) is 40.4 Å². The number of hydrogen-bond acceptors (Lipinski definition) is 8. The first kappa shape index (κ1) is 24.0. The summed E-state index contributed by atoms with van der Waals surface area (Å²) in [6.45, 7) is 3.34. The highest BCUT2D eigenvalue weighted by Gasteiger charge is 2.37. The zero-order valence-electron chi connectivity index (χ0n) is 19.3. The van der Waals surface area contributed by atoms with Crippen LogP contribution in [0.15, 0.2) is 29.2 Å². The quantitative estimate of drug-likeness (QED) is 0.463. The number of carbonyl (C=O) groups is 3. The Morgan fingerprint density at radius 2 is 2.06 bits per heavy atom. The Hall–Kier alpha value is -4.13. The molecule has 13 heteroatoms. The van der Waals surface area contributed by atoms with Crippen molar-refractivity contribution in [3.63, 3.8) is 0 Å². The molecular formula is C22H23FN6O6. The van der Waals surface area contributed by atoms with Crippen LogP contribution in [-0.2, 0) is 27.4 Å². The number of rotatable bonds is 8. The van der Waals surface area contributed by atoms with Crippen molar-refractivity contribution in [2.75, 3.05) is 25.6 Å². The predicted molar refractivity (Wildman–Crippen MR) is 119 cm³/mol. The number of anilines is 1. The molecule has 12 nitrogen and oxygen atoms in total. The number of fused-ring (bicyclic) bond motifs is 2. The van der Waals surface area contributed by atoms with Crippen LogP contribution in [0.3, 0.4) is 0 Å². The second kappa shape index (κ2) is 9.62. The molecule has 4 heterocycles. The fraction of sp³-hybridized carbons (Fsp3) is 0.364. The highest BCUT2D eigenvalue weighted by Crippen LogP contribution is 2.25. The van der Waals surface area contributed by atoms with E-state index in [2.05, 4.69) is 15.4 Å². The molecule has 2 amide bonds. The van der Waals surface area contributed by atoms with Crippen molar-refractivity contribution in [1.82, 2.24) is 24.1 Å². The fourth-order valence-electron chi connectivity index (χ4n) is 3.91. The predicted octanol–water partition coefficient (Wildman–Crippen LogP) is 0.836. The van der Waals surface area contributed by atoms with E-state index in [0.717, 1.165) is 16.8 Å². The third-order valence-corrected chi connectivity index (χ3v) is 5.49. The number of halogens is 1. The molecule has 0 spiro atoms. The molecule has 1 atom stereocenters. The Bertz CT molecular complexity index is 1370. The highest BCUT2D eigenvalue weighted by atomic mass is 19.1. The van der Waals surface area contributed by atoms with Gasteiger partial charge in [-0.1, -0.05) is 0 Å². The van der Waals surface area contributed by atoms with Crippen molar-refractivity contribution in [1.29, 1.82) is 0 Å². The van der Waals surface area contributed by atoms with Gasteiger partial charge >= 0.3 is 5.97 Å². The van der Waals surface area contributed by atoms with Crippen LogP contribution in [0.2, 0.25) is 0 Å². The fourth-order valence-corrected chi connectivity index (χ4v) is 3.91. The van der Waals surface area contributed by atoms with E-state index >= 15 is 0 Å². The highest BCUT2D eigenvalue weighted by molar-refractivity contribution is 5.99. The number of methoxy groups -OCH3 is 1. The molecule has 3 aromatic heterocycles. The third-order valence-electron chi connectivity index (χ3n) is 5.49. The van der Waals surface area contributed by atoms with E-state index in [1.165, 1.54) is 28.7 Å². The molecule has 1 aliphatic rings. The summed E-state index contributed by atoms with van der Waals surface area (Å²) in [7, 11) is 1.50. The summed E-state index contributed by atoms with van der Waals surface area (Å²) >= 11 is 0. The number of amides is 2. The Morgan fingerprint density at radius 1 is 1.29 bits per heavy atom. The molecule has 4 rings (SSSR count). The monoisotopic (exact) mass is 486 g/mol. The lowest BCUT2D eigenvalue weighted by atomic mass is 10.2. The number of pyridine rings is 1. The Balaban J connectivity index is 1.80. The van der Waals surface area contributed by atoms with Crippen molar-refractivity contribution in [2.45, 2.75) is 33.0 Å². The number of nitrogens with zero attached hydrogens (tertiary/aromatic N) is 5. The van der Waals surface area contributed by atoms with Gasteiger partial charge in [-0.3, -0.25) is 14.4 Å². The molecule has 0 saturated carbocycles. The number of nitrogens with one attached hydrogen (secondary N) is 1. The van der Waals surface area contributed by atoms with Gasteiger partial charge in [0.2, 0.25) is 5.91 Å². The average molecular weight is 486 g/mol. The molecule has 0 aliphatic carbocycles. The van der Waals surface area contributed by atoms with Crippen LogP contribution >= 0.6 is 0 Å². The second-order valence-corrected chi connectivity index (χ2v) is 7.89.